The second-order valence-electron chi connectivity index (χ2n) is 5.86. The van der Waals surface area contributed by atoms with Crippen LogP contribution in [0.1, 0.15) is 17.5 Å². The lowest BCUT2D eigenvalue weighted by Gasteiger charge is -2.11. The summed E-state index contributed by atoms with van der Waals surface area (Å²) < 4.78 is 35.7. The lowest BCUT2D eigenvalue weighted by Crippen LogP contribution is -2.21. The van der Waals surface area contributed by atoms with Crippen LogP contribution in [0.15, 0.2) is 57.6 Å². The van der Waals surface area contributed by atoms with Gasteiger partial charge >= 0.3 is 10.1 Å². The molecule has 14 heteroatoms. The van der Waals surface area contributed by atoms with Crippen LogP contribution in [0.5, 0.6) is 11.5 Å². The van der Waals surface area contributed by atoms with Crippen molar-refractivity contribution in [1.82, 2.24) is 0 Å². The summed E-state index contributed by atoms with van der Waals surface area (Å²) in [5.74, 6) is 0.400. The molecule has 0 bridgehead atoms. The Morgan fingerprint density at radius 1 is 1.28 bits per heavy atom. The van der Waals surface area contributed by atoms with Crippen molar-refractivity contribution in [2.75, 3.05) is 6.61 Å². The van der Waals surface area contributed by atoms with E-state index in [1.54, 1.807) is 19.1 Å². The molecule has 0 saturated heterocycles. The molecule has 2 aromatic rings. The molecule has 32 heavy (non-hydrogen) atoms. The Morgan fingerprint density at radius 3 is 2.56 bits per heavy atom. The van der Waals surface area contributed by atoms with E-state index in [9.17, 15) is 8.42 Å². The van der Waals surface area contributed by atoms with Crippen molar-refractivity contribution < 1.29 is 27.6 Å². The van der Waals surface area contributed by atoms with Crippen LogP contribution in [-0.4, -0.2) is 37.5 Å². The van der Waals surface area contributed by atoms with Gasteiger partial charge in [-0.2, -0.15) is 18.8 Å². The van der Waals surface area contributed by atoms with Crippen LogP contribution in [0.25, 0.3) is 0 Å². The van der Waals surface area contributed by atoms with Gasteiger partial charge in [-0.05, 0) is 42.8 Å². The molecule has 0 atom stereocenters. The third-order valence-corrected chi connectivity index (χ3v) is 4.50. The summed E-state index contributed by atoms with van der Waals surface area (Å²) in [5, 5.41) is 29.7. The van der Waals surface area contributed by atoms with Crippen LogP contribution in [0.2, 0.25) is 0 Å². The maximum atomic E-state index is 12.5. The molecule has 0 aliphatic rings. The average molecular weight is 464 g/mol. The standard InChI is InChI=1S/C18H19N5O4S.HNO3/c1-13-8-15(26-7-3-6-22-23-18(20)21)11-16(9-13)27-28(24,25)17-5-2-4-14(10-17)12-19;2-1(3)4/h2,4-6,8-11H,3,7H2,1H3,(H4,20,21,23);(H,2,3,4)/b22-6-;. The number of nitriles is 1. The topological polar surface area (TPSA) is 217 Å². The number of hydrogen-bond acceptors (Lipinski definition) is 9. The van der Waals surface area contributed by atoms with Gasteiger partial charge in [-0.25, -0.2) is 0 Å². The summed E-state index contributed by atoms with van der Waals surface area (Å²) in [6.45, 7) is 2.06. The fourth-order valence-corrected chi connectivity index (χ4v) is 3.10. The second kappa shape index (κ2) is 12.3. The van der Waals surface area contributed by atoms with Crippen molar-refractivity contribution in [2.24, 2.45) is 21.7 Å². The smallest absolute Gasteiger partial charge is 0.339 e. The van der Waals surface area contributed by atoms with Crippen LogP contribution < -0.4 is 20.4 Å². The Balaban J connectivity index is 0.00000118. The molecular weight excluding hydrogens is 444 g/mol. The van der Waals surface area contributed by atoms with Crippen LogP contribution in [0, 0.1) is 28.4 Å². The minimum absolute atomic E-state index is 0.103. The maximum Gasteiger partial charge on any atom is 0.339 e. The molecule has 5 N–H and O–H groups in total. The van der Waals surface area contributed by atoms with Crippen molar-refractivity contribution in [1.29, 1.82) is 5.26 Å². The zero-order chi connectivity index (χ0) is 24.1. The van der Waals surface area contributed by atoms with Crippen molar-refractivity contribution >= 4 is 22.3 Å². The highest BCUT2D eigenvalue weighted by atomic mass is 32.2. The van der Waals surface area contributed by atoms with Gasteiger partial charge in [0.05, 0.1) is 18.2 Å². The van der Waals surface area contributed by atoms with Gasteiger partial charge in [-0.15, -0.1) is 15.2 Å². The predicted octanol–water partition coefficient (Wildman–Crippen LogP) is 1.31. The van der Waals surface area contributed by atoms with Crippen LogP contribution in [0.3, 0.4) is 0 Å². The van der Waals surface area contributed by atoms with E-state index in [0.29, 0.717) is 12.2 Å². The normalized spacial score (nSPS) is 10.4. The summed E-state index contributed by atoms with van der Waals surface area (Å²) in [5.41, 5.74) is 11.3. The maximum absolute atomic E-state index is 12.5. The molecule has 170 valence electrons. The van der Waals surface area contributed by atoms with E-state index in [1.807, 2.05) is 6.07 Å². The van der Waals surface area contributed by atoms with E-state index in [0.717, 1.165) is 5.56 Å². The largest absolute Gasteiger partial charge is 0.493 e. The third kappa shape index (κ3) is 9.89. The molecule has 2 rings (SSSR count). The molecule has 13 nitrogen and oxygen atoms in total. The molecule has 0 unspecified atom stereocenters. The molecule has 0 amide bonds. The predicted molar refractivity (Wildman–Crippen MR) is 113 cm³/mol. The Kier molecular flexibility index (Phi) is 9.90. The van der Waals surface area contributed by atoms with Crippen LogP contribution in [-0.2, 0) is 10.1 Å². The highest BCUT2D eigenvalue weighted by Gasteiger charge is 2.18. The van der Waals surface area contributed by atoms with Gasteiger partial charge in [0, 0.05) is 18.7 Å². The number of guanidine groups is 1. The van der Waals surface area contributed by atoms with E-state index in [2.05, 4.69) is 10.2 Å². The summed E-state index contributed by atoms with van der Waals surface area (Å²) in [7, 11) is -4.09. The van der Waals surface area contributed by atoms with E-state index in [1.165, 1.54) is 36.5 Å². The van der Waals surface area contributed by atoms with Gasteiger partial charge in [-0.1, -0.05) is 6.07 Å². The third-order valence-electron chi connectivity index (χ3n) is 3.25. The van der Waals surface area contributed by atoms with Crippen molar-refractivity contribution in [3.63, 3.8) is 0 Å². The first-order chi connectivity index (χ1) is 15.0. The number of rotatable bonds is 8. The van der Waals surface area contributed by atoms with Crippen LogP contribution >= 0.6 is 0 Å². The van der Waals surface area contributed by atoms with E-state index in [4.69, 9.17) is 41.0 Å². The summed E-state index contributed by atoms with van der Waals surface area (Å²) >= 11 is 0. The highest BCUT2D eigenvalue weighted by molar-refractivity contribution is 7.87. The van der Waals surface area contributed by atoms with Gasteiger partial charge in [0.2, 0.25) is 5.96 Å². The van der Waals surface area contributed by atoms with Crippen LogP contribution in [0.4, 0.5) is 0 Å². The van der Waals surface area contributed by atoms with Gasteiger partial charge in [0.1, 0.15) is 16.4 Å². The van der Waals surface area contributed by atoms with Gasteiger partial charge < -0.3 is 25.6 Å². The van der Waals surface area contributed by atoms with Gasteiger partial charge in [0.15, 0.2) is 0 Å². The fourth-order valence-electron chi connectivity index (χ4n) is 2.14. The quantitative estimate of drug-likeness (QED) is 0.127. The first-order valence-electron chi connectivity index (χ1n) is 8.66. The summed E-state index contributed by atoms with van der Waals surface area (Å²) in [4.78, 5) is 8.26. The number of benzene rings is 2. The molecule has 0 fully saturated rings. The number of nitrogens with two attached hydrogens (primary N) is 2. The molecule has 0 aliphatic heterocycles. The first-order valence-corrected chi connectivity index (χ1v) is 10.1. The van der Waals surface area contributed by atoms with E-state index in [-0.39, 0.29) is 28.8 Å². The monoisotopic (exact) mass is 464 g/mol. The molecule has 0 radical (unpaired) electrons. The average Bonchev–Trinajstić information content (AvgIpc) is 2.69. The number of nitrogens with zero attached hydrogens (tertiary/aromatic N) is 4. The summed E-state index contributed by atoms with van der Waals surface area (Å²) in [6.07, 6.45) is 1.93. The highest BCUT2D eigenvalue weighted by Crippen LogP contribution is 2.26. The zero-order valence-corrected chi connectivity index (χ0v) is 17.6. The number of hydrogen-bond donors (Lipinski definition) is 3. The van der Waals surface area contributed by atoms with Crippen molar-refractivity contribution in [2.45, 2.75) is 18.2 Å². The molecule has 0 saturated carbocycles. The molecular formula is C18H20N6O7S. The zero-order valence-electron chi connectivity index (χ0n) is 16.8. The molecule has 0 aliphatic carbocycles. The first kappa shape index (κ1) is 25.7. The van der Waals surface area contributed by atoms with E-state index >= 15 is 0 Å². The lowest BCUT2D eigenvalue weighted by molar-refractivity contribution is -0.742. The Labute approximate surface area is 183 Å². The SMILES string of the molecule is Cc1cc(OCC/C=N\N=C(N)N)cc(OS(=O)(=O)c2cccc(C#N)c2)c1.O=[N+]([O-])O. The minimum Gasteiger partial charge on any atom is -0.493 e. The summed E-state index contributed by atoms with van der Waals surface area (Å²) in [6, 6.07) is 12.3. The van der Waals surface area contributed by atoms with E-state index < -0.39 is 15.2 Å². The van der Waals surface area contributed by atoms with Crippen molar-refractivity contribution in [3.05, 3.63) is 63.7 Å². The number of ether oxygens (including phenoxy) is 1. The fraction of sp³-hybridized carbons (Fsp3) is 0.167. The van der Waals surface area contributed by atoms with Gasteiger partial charge in [0.25, 0.3) is 5.09 Å². The minimum atomic E-state index is -4.09. The Bertz CT molecular complexity index is 1130. The molecule has 0 heterocycles. The second-order valence-corrected chi connectivity index (χ2v) is 7.40. The molecule has 2 aromatic carbocycles. The lowest BCUT2D eigenvalue weighted by atomic mass is 10.2. The van der Waals surface area contributed by atoms with Crippen molar-refractivity contribution in [3.8, 4) is 17.6 Å². The Morgan fingerprint density at radius 2 is 1.94 bits per heavy atom. The van der Waals surface area contributed by atoms with Gasteiger partial charge in [-0.3, -0.25) is 0 Å². The molecule has 0 spiro atoms. The number of aryl methyl sites for hydroxylation is 1. The molecule has 0 aromatic heterocycles. The Hall–Kier alpha value is -4.38.